The molecular weight excluding hydrogens is 390 g/mol. The summed E-state index contributed by atoms with van der Waals surface area (Å²) in [6, 6.07) is 18.8. The van der Waals surface area contributed by atoms with Gasteiger partial charge >= 0.3 is 0 Å². The molecule has 31 heavy (non-hydrogen) atoms. The van der Waals surface area contributed by atoms with Crippen molar-refractivity contribution < 1.29 is 14.4 Å². The van der Waals surface area contributed by atoms with E-state index in [2.05, 4.69) is 27.5 Å². The van der Waals surface area contributed by atoms with Crippen LogP contribution >= 0.6 is 0 Å². The molecule has 2 heterocycles. The Bertz CT molecular complexity index is 996. The van der Waals surface area contributed by atoms with Gasteiger partial charge in [0.2, 0.25) is 0 Å². The average Bonchev–Trinajstić information content (AvgIpc) is 2.81. The van der Waals surface area contributed by atoms with Crippen molar-refractivity contribution in [3.8, 4) is 17.0 Å². The number of aromatic nitrogens is 2. The number of amides is 1. The number of hydrogen-bond acceptors (Lipinski definition) is 5. The molecule has 0 unspecified atom stereocenters. The fourth-order valence-corrected chi connectivity index (χ4v) is 3.56. The van der Waals surface area contributed by atoms with Crippen LogP contribution in [0.25, 0.3) is 11.3 Å². The largest absolute Gasteiger partial charge is 0.494 e. The van der Waals surface area contributed by atoms with Crippen LogP contribution in [-0.2, 0) is 0 Å². The number of anilines is 2. The lowest BCUT2D eigenvalue weighted by molar-refractivity contribution is -0.880. The molecule has 1 fully saturated rings. The SMILES string of the molecule is CCOc1ccc(C(=O)Nc2ccc(-c3ccc(N4CC[NH+](C)CC4)nn3)cc2)cc1. The van der Waals surface area contributed by atoms with Crippen LogP contribution in [0.4, 0.5) is 11.5 Å². The number of benzene rings is 2. The Morgan fingerprint density at radius 1 is 1.00 bits per heavy atom. The van der Waals surface area contributed by atoms with E-state index in [4.69, 9.17) is 4.74 Å². The van der Waals surface area contributed by atoms with E-state index in [1.165, 1.54) is 0 Å². The highest BCUT2D eigenvalue weighted by atomic mass is 16.5. The van der Waals surface area contributed by atoms with E-state index in [-0.39, 0.29) is 5.91 Å². The summed E-state index contributed by atoms with van der Waals surface area (Å²) in [4.78, 5) is 16.3. The van der Waals surface area contributed by atoms with Gasteiger partial charge < -0.3 is 19.9 Å². The first-order valence-electron chi connectivity index (χ1n) is 10.7. The number of rotatable bonds is 6. The second-order valence-corrected chi connectivity index (χ2v) is 7.71. The van der Waals surface area contributed by atoms with Gasteiger partial charge in [-0.1, -0.05) is 12.1 Å². The van der Waals surface area contributed by atoms with Gasteiger partial charge in [0, 0.05) is 16.8 Å². The number of likely N-dealkylation sites (N-methyl/N-ethyl adjacent to an activating group) is 1. The van der Waals surface area contributed by atoms with Crippen molar-refractivity contribution in [3.63, 3.8) is 0 Å². The first-order valence-corrected chi connectivity index (χ1v) is 10.7. The molecule has 7 nitrogen and oxygen atoms in total. The van der Waals surface area contributed by atoms with Gasteiger partial charge in [0.25, 0.3) is 5.91 Å². The van der Waals surface area contributed by atoms with Crippen LogP contribution in [0.3, 0.4) is 0 Å². The van der Waals surface area contributed by atoms with Gasteiger partial charge in [0.15, 0.2) is 5.82 Å². The van der Waals surface area contributed by atoms with Crippen molar-refractivity contribution in [3.05, 3.63) is 66.2 Å². The molecule has 1 saturated heterocycles. The molecular formula is C24H28N5O2+. The van der Waals surface area contributed by atoms with Gasteiger partial charge in [0.1, 0.15) is 5.75 Å². The standard InChI is InChI=1S/C24H27N5O2/c1-3-31-21-10-6-19(7-11-21)24(30)25-20-8-4-18(5-9-20)22-12-13-23(27-26-22)29-16-14-28(2)15-17-29/h4-13H,3,14-17H2,1-2H3,(H,25,30)/p+1. The number of nitrogens with one attached hydrogen (secondary N) is 2. The number of carbonyl (C=O) groups is 1. The molecule has 0 saturated carbocycles. The molecule has 0 aliphatic carbocycles. The van der Waals surface area contributed by atoms with Crippen LogP contribution in [0.1, 0.15) is 17.3 Å². The molecule has 0 spiro atoms. The maximum Gasteiger partial charge on any atom is 0.255 e. The van der Waals surface area contributed by atoms with Gasteiger partial charge in [0.05, 0.1) is 45.5 Å². The maximum absolute atomic E-state index is 12.5. The fraction of sp³-hybridized carbons (Fsp3) is 0.292. The Morgan fingerprint density at radius 3 is 2.32 bits per heavy atom. The topological polar surface area (TPSA) is 71.8 Å². The molecule has 7 heteroatoms. The quantitative estimate of drug-likeness (QED) is 0.642. The zero-order valence-electron chi connectivity index (χ0n) is 18.0. The zero-order chi connectivity index (χ0) is 21.6. The molecule has 0 atom stereocenters. The summed E-state index contributed by atoms with van der Waals surface area (Å²) in [5.74, 6) is 1.52. The summed E-state index contributed by atoms with van der Waals surface area (Å²) in [6.07, 6.45) is 0. The average molecular weight is 419 g/mol. The highest BCUT2D eigenvalue weighted by Crippen LogP contribution is 2.21. The van der Waals surface area contributed by atoms with E-state index in [0.29, 0.717) is 12.2 Å². The lowest BCUT2D eigenvalue weighted by Gasteiger charge is -2.30. The van der Waals surface area contributed by atoms with Crippen LogP contribution in [0.15, 0.2) is 60.7 Å². The molecule has 2 N–H and O–H groups in total. The van der Waals surface area contributed by atoms with Gasteiger partial charge in [-0.05, 0) is 55.5 Å². The van der Waals surface area contributed by atoms with Crippen LogP contribution in [0, 0.1) is 0 Å². The monoisotopic (exact) mass is 418 g/mol. The minimum atomic E-state index is -0.158. The zero-order valence-corrected chi connectivity index (χ0v) is 18.0. The summed E-state index contributed by atoms with van der Waals surface area (Å²) in [5.41, 5.74) is 3.08. The lowest BCUT2D eigenvalue weighted by Crippen LogP contribution is -3.12. The van der Waals surface area contributed by atoms with Crippen LogP contribution in [0.2, 0.25) is 0 Å². The second-order valence-electron chi connectivity index (χ2n) is 7.71. The molecule has 1 aliphatic rings. The van der Waals surface area contributed by atoms with Crippen molar-refractivity contribution in [2.24, 2.45) is 0 Å². The van der Waals surface area contributed by atoms with Crippen molar-refractivity contribution in [1.82, 2.24) is 10.2 Å². The Labute approximate surface area is 182 Å². The summed E-state index contributed by atoms with van der Waals surface area (Å²) < 4.78 is 5.41. The first-order chi connectivity index (χ1) is 15.1. The summed E-state index contributed by atoms with van der Waals surface area (Å²) in [6.45, 7) is 6.77. The molecule has 0 radical (unpaired) electrons. The number of quaternary nitrogens is 1. The van der Waals surface area contributed by atoms with Gasteiger partial charge in [-0.3, -0.25) is 4.79 Å². The molecule has 1 aliphatic heterocycles. The smallest absolute Gasteiger partial charge is 0.255 e. The van der Waals surface area contributed by atoms with E-state index in [1.54, 1.807) is 29.2 Å². The molecule has 1 aromatic heterocycles. The predicted molar refractivity (Wildman–Crippen MR) is 122 cm³/mol. The number of piperazine rings is 1. The highest BCUT2D eigenvalue weighted by Gasteiger charge is 2.18. The first kappa shape index (κ1) is 20.8. The minimum Gasteiger partial charge on any atom is -0.494 e. The fourth-order valence-electron chi connectivity index (χ4n) is 3.56. The second kappa shape index (κ2) is 9.57. The van der Waals surface area contributed by atoms with Crippen LogP contribution < -0.4 is 19.9 Å². The molecule has 3 aromatic rings. The number of ether oxygens (including phenoxy) is 1. The molecule has 4 rings (SSSR count). The van der Waals surface area contributed by atoms with Gasteiger partial charge in [-0.25, -0.2) is 0 Å². The third-order valence-electron chi connectivity index (χ3n) is 5.46. The van der Waals surface area contributed by atoms with Gasteiger partial charge in [-0.15, -0.1) is 10.2 Å². The van der Waals surface area contributed by atoms with E-state index in [9.17, 15) is 4.79 Å². The predicted octanol–water partition coefficient (Wildman–Crippen LogP) is 2.13. The highest BCUT2D eigenvalue weighted by molar-refractivity contribution is 6.04. The molecule has 0 bridgehead atoms. The van der Waals surface area contributed by atoms with Crippen molar-refractivity contribution in [1.29, 1.82) is 0 Å². The Hall–Kier alpha value is -3.45. The van der Waals surface area contributed by atoms with E-state index in [0.717, 1.165) is 54.7 Å². The van der Waals surface area contributed by atoms with Crippen LogP contribution in [0.5, 0.6) is 5.75 Å². The van der Waals surface area contributed by atoms with Crippen molar-refractivity contribution in [2.75, 3.05) is 50.1 Å². The summed E-state index contributed by atoms with van der Waals surface area (Å²) >= 11 is 0. The summed E-state index contributed by atoms with van der Waals surface area (Å²) in [5, 5.41) is 11.7. The number of hydrogen-bond donors (Lipinski definition) is 2. The third-order valence-corrected chi connectivity index (χ3v) is 5.46. The normalized spacial score (nSPS) is 14.3. The Kier molecular flexibility index (Phi) is 6.43. The van der Waals surface area contributed by atoms with Crippen molar-refractivity contribution in [2.45, 2.75) is 6.92 Å². The molecule has 2 aromatic carbocycles. The molecule has 160 valence electrons. The Balaban J connectivity index is 1.38. The Morgan fingerprint density at radius 2 is 1.71 bits per heavy atom. The minimum absolute atomic E-state index is 0.158. The van der Waals surface area contributed by atoms with Gasteiger partial charge in [-0.2, -0.15) is 0 Å². The lowest BCUT2D eigenvalue weighted by atomic mass is 10.1. The van der Waals surface area contributed by atoms with E-state index >= 15 is 0 Å². The number of nitrogens with zero attached hydrogens (tertiary/aromatic N) is 3. The number of carbonyl (C=O) groups excluding carboxylic acids is 1. The van der Waals surface area contributed by atoms with Crippen molar-refractivity contribution >= 4 is 17.4 Å². The maximum atomic E-state index is 12.5. The third kappa shape index (κ3) is 5.19. The van der Waals surface area contributed by atoms with E-state index in [1.807, 2.05) is 43.3 Å². The van der Waals surface area contributed by atoms with E-state index < -0.39 is 0 Å². The summed E-state index contributed by atoms with van der Waals surface area (Å²) in [7, 11) is 2.22. The van der Waals surface area contributed by atoms with Crippen LogP contribution in [-0.4, -0.2) is 55.9 Å². The molecule has 1 amide bonds.